The SMILES string of the molecule is CC(O)CC1CCCCCN1C(=O)OC(C)(C)C. The molecule has 1 fully saturated rings. The molecule has 2 unspecified atom stereocenters. The van der Waals surface area contributed by atoms with Crippen molar-refractivity contribution < 1.29 is 14.6 Å². The minimum atomic E-state index is -0.460. The summed E-state index contributed by atoms with van der Waals surface area (Å²) in [5.74, 6) is 0. The van der Waals surface area contributed by atoms with Crippen molar-refractivity contribution in [1.82, 2.24) is 4.90 Å². The van der Waals surface area contributed by atoms with Gasteiger partial charge in [0.2, 0.25) is 0 Å². The van der Waals surface area contributed by atoms with Crippen LogP contribution in [0.5, 0.6) is 0 Å². The number of nitrogens with zero attached hydrogens (tertiary/aromatic N) is 1. The first kappa shape index (κ1) is 15.3. The summed E-state index contributed by atoms with van der Waals surface area (Å²) in [6.07, 6.45) is 4.28. The van der Waals surface area contributed by atoms with Gasteiger partial charge in [-0.15, -0.1) is 0 Å². The Balaban J connectivity index is 2.69. The maximum absolute atomic E-state index is 12.2. The van der Waals surface area contributed by atoms with E-state index in [-0.39, 0.29) is 18.2 Å². The van der Waals surface area contributed by atoms with E-state index in [1.807, 2.05) is 25.7 Å². The average Bonchev–Trinajstić information content (AvgIpc) is 2.39. The number of likely N-dealkylation sites (tertiary alicyclic amines) is 1. The zero-order chi connectivity index (χ0) is 13.8. The molecule has 1 rings (SSSR count). The Morgan fingerprint density at radius 3 is 2.61 bits per heavy atom. The lowest BCUT2D eigenvalue weighted by molar-refractivity contribution is 0.0115. The van der Waals surface area contributed by atoms with E-state index in [1.165, 1.54) is 0 Å². The van der Waals surface area contributed by atoms with Crippen LogP contribution in [-0.2, 0) is 4.74 Å². The first-order valence-corrected chi connectivity index (χ1v) is 6.97. The summed E-state index contributed by atoms with van der Waals surface area (Å²) in [7, 11) is 0. The number of ether oxygens (including phenoxy) is 1. The molecule has 106 valence electrons. The molecule has 0 aromatic rings. The fourth-order valence-electron chi connectivity index (χ4n) is 2.38. The molecule has 1 heterocycles. The number of aliphatic hydroxyl groups is 1. The molecular formula is C14H27NO3. The molecule has 1 aliphatic heterocycles. The van der Waals surface area contributed by atoms with Gasteiger partial charge in [-0.2, -0.15) is 0 Å². The van der Waals surface area contributed by atoms with Crippen molar-refractivity contribution in [2.75, 3.05) is 6.54 Å². The largest absolute Gasteiger partial charge is 0.444 e. The number of hydrogen-bond donors (Lipinski definition) is 1. The van der Waals surface area contributed by atoms with E-state index in [0.717, 1.165) is 32.2 Å². The summed E-state index contributed by atoms with van der Waals surface area (Å²) in [5, 5.41) is 9.55. The number of aliphatic hydroxyl groups excluding tert-OH is 1. The summed E-state index contributed by atoms with van der Waals surface area (Å²) in [5.41, 5.74) is -0.460. The molecule has 2 atom stereocenters. The Kier molecular flexibility index (Phi) is 5.45. The summed E-state index contributed by atoms with van der Waals surface area (Å²) in [6.45, 7) is 8.16. The summed E-state index contributed by atoms with van der Waals surface area (Å²) < 4.78 is 5.45. The van der Waals surface area contributed by atoms with Crippen molar-refractivity contribution in [3.8, 4) is 0 Å². The van der Waals surface area contributed by atoms with Gasteiger partial charge in [0, 0.05) is 12.6 Å². The molecule has 4 nitrogen and oxygen atoms in total. The Bertz CT molecular complexity index is 271. The van der Waals surface area contributed by atoms with Crippen molar-refractivity contribution in [2.24, 2.45) is 0 Å². The van der Waals surface area contributed by atoms with Crippen LogP contribution in [0.25, 0.3) is 0 Å². The second kappa shape index (κ2) is 6.41. The third kappa shape index (κ3) is 5.25. The topological polar surface area (TPSA) is 49.8 Å². The number of carbonyl (C=O) groups is 1. The molecule has 0 aromatic heterocycles. The van der Waals surface area contributed by atoms with Gasteiger partial charge >= 0.3 is 6.09 Å². The van der Waals surface area contributed by atoms with E-state index in [0.29, 0.717) is 6.42 Å². The normalized spacial score (nSPS) is 23.4. The molecular weight excluding hydrogens is 230 g/mol. The van der Waals surface area contributed by atoms with Gasteiger partial charge in [-0.1, -0.05) is 12.8 Å². The van der Waals surface area contributed by atoms with Gasteiger partial charge in [0.25, 0.3) is 0 Å². The highest BCUT2D eigenvalue weighted by Crippen LogP contribution is 2.22. The fraction of sp³-hybridized carbons (Fsp3) is 0.929. The number of carbonyl (C=O) groups excluding carboxylic acids is 1. The standard InChI is InChI=1S/C14H27NO3/c1-11(16)10-12-8-6-5-7-9-15(12)13(17)18-14(2,3)4/h11-12,16H,5-10H2,1-4H3. The smallest absolute Gasteiger partial charge is 0.410 e. The van der Waals surface area contributed by atoms with Crippen LogP contribution >= 0.6 is 0 Å². The molecule has 0 aliphatic carbocycles. The Morgan fingerprint density at radius 2 is 2.06 bits per heavy atom. The lowest BCUT2D eigenvalue weighted by Crippen LogP contribution is -2.44. The molecule has 1 N–H and O–H groups in total. The van der Waals surface area contributed by atoms with Crippen LogP contribution in [0, 0.1) is 0 Å². The Labute approximate surface area is 110 Å². The van der Waals surface area contributed by atoms with E-state index in [9.17, 15) is 9.90 Å². The molecule has 4 heteroatoms. The third-order valence-electron chi connectivity index (χ3n) is 3.12. The number of hydrogen-bond acceptors (Lipinski definition) is 3. The predicted octanol–water partition coefficient (Wildman–Crippen LogP) is 2.94. The monoisotopic (exact) mass is 257 g/mol. The second-order valence-electron chi connectivity index (χ2n) is 6.26. The number of amides is 1. The van der Waals surface area contributed by atoms with Crippen molar-refractivity contribution in [1.29, 1.82) is 0 Å². The number of rotatable bonds is 2. The van der Waals surface area contributed by atoms with E-state index in [1.54, 1.807) is 6.92 Å². The van der Waals surface area contributed by atoms with Crippen LogP contribution in [0.2, 0.25) is 0 Å². The van der Waals surface area contributed by atoms with Gasteiger partial charge in [-0.3, -0.25) is 0 Å². The van der Waals surface area contributed by atoms with E-state index < -0.39 is 5.60 Å². The molecule has 0 aromatic carbocycles. The second-order valence-corrected chi connectivity index (χ2v) is 6.26. The van der Waals surface area contributed by atoms with Gasteiger partial charge in [0.1, 0.15) is 5.60 Å². The summed E-state index contributed by atoms with van der Waals surface area (Å²) in [6, 6.07) is 0.113. The molecule has 0 saturated carbocycles. The summed E-state index contributed by atoms with van der Waals surface area (Å²) >= 11 is 0. The first-order valence-electron chi connectivity index (χ1n) is 6.97. The lowest BCUT2D eigenvalue weighted by Gasteiger charge is -2.32. The van der Waals surface area contributed by atoms with Crippen LogP contribution in [0.3, 0.4) is 0 Å². The first-order chi connectivity index (χ1) is 8.29. The minimum Gasteiger partial charge on any atom is -0.444 e. The highest BCUT2D eigenvalue weighted by molar-refractivity contribution is 5.68. The molecule has 1 aliphatic rings. The van der Waals surface area contributed by atoms with E-state index >= 15 is 0 Å². The van der Waals surface area contributed by atoms with Gasteiger partial charge in [-0.25, -0.2) is 4.79 Å². The van der Waals surface area contributed by atoms with Crippen molar-refractivity contribution in [3.63, 3.8) is 0 Å². The van der Waals surface area contributed by atoms with Crippen molar-refractivity contribution in [3.05, 3.63) is 0 Å². The van der Waals surface area contributed by atoms with Gasteiger partial charge in [-0.05, 0) is 47.0 Å². The maximum Gasteiger partial charge on any atom is 0.410 e. The Morgan fingerprint density at radius 1 is 1.39 bits per heavy atom. The Hall–Kier alpha value is -0.770. The third-order valence-corrected chi connectivity index (χ3v) is 3.12. The zero-order valence-electron chi connectivity index (χ0n) is 12.1. The van der Waals surface area contributed by atoms with Gasteiger partial charge < -0.3 is 14.7 Å². The van der Waals surface area contributed by atoms with Gasteiger partial charge in [0.05, 0.1) is 6.10 Å². The molecule has 1 amide bonds. The fourth-order valence-corrected chi connectivity index (χ4v) is 2.38. The van der Waals surface area contributed by atoms with Crippen molar-refractivity contribution >= 4 is 6.09 Å². The molecule has 0 radical (unpaired) electrons. The highest BCUT2D eigenvalue weighted by atomic mass is 16.6. The van der Waals surface area contributed by atoms with Crippen LogP contribution in [0.4, 0.5) is 4.79 Å². The molecule has 1 saturated heterocycles. The molecule has 18 heavy (non-hydrogen) atoms. The molecule has 0 spiro atoms. The maximum atomic E-state index is 12.2. The van der Waals surface area contributed by atoms with E-state index in [4.69, 9.17) is 4.74 Å². The van der Waals surface area contributed by atoms with Crippen LogP contribution < -0.4 is 0 Å². The highest BCUT2D eigenvalue weighted by Gasteiger charge is 2.29. The van der Waals surface area contributed by atoms with Crippen LogP contribution in [0.1, 0.15) is 59.8 Å². The van der Waals surface area contributed by atoms with Crippen LogP contribution in [0.15, 0.2) is 0 Å². The van der Waals surface area contributed by atoms with Crippen molar-refractivity contribution in [2.45, 2.75) is 77.5 Å². The zero-order valence-corrected chi connectivity index (χ0v) is 12.1. The minimum absolute atomic E-state index is 0.113. The molecule has 0 bridgehead atoms. The van der Waals surface area contributed by atoms with E-state index in [2.05, 4.69) is 0 Å². The average molecular weight is 257 g/mol. The quantitative estimate of drug-likeness (QED) is 0.827. The predicted molar refractivity (Wildman–Crippen MR) is 71.5 cm³/mol. The van der Waals surface area contributed by atoms with Crippen LogP contribution in [-0.4, -0.2) is 40.4 Å². The van der Waals surface area contributed by atoms with Gasteiger partial charge in [0.15, 0.2) is 0 Å². The lowest BCUT2D eigenvalue weighted by atomic mass is 10.0. The summed E-state index contributed by atoms with van der Waals surface area (Å²) in [4.78, 5) is 14.0.